The van der Waals surface area contributed by atoms with Crippen LogP contribution in [-0.4, -0.2) is 62.7 Å². The third-order valence-corrected chi connectivity index (χ3v) is 5.86. The van der Waals surface area contributed by atoms with E-state index in [1.807, 2.05) is 6.07 Å². The van der Waals surface area contributed by atoms with Crippen molar-refractivity contribution in [1.29, 1.82) is 0 Å². The molecule has 2 aromatic rings. The molecule has 5 atom stereocenters. The van der Waals surface area contributed by atoms with E-state index in [2.05, 4.69) is 10.3 Å². The molecule has 0 aliphatic carbocycles. The van der Waals surface area contributed by atoms with Gasteiger partial charge in [0.1, 0.15) is 29.8 Å². The normalized spacial score (nSPS) is 29.7. The minimum absolute atomic E-state index is 0.332. The highest BCUT2D eigenvalue weighted by molar-refractivity contribution is 7.99. The van der Waals surface area contributed by atoms with Crippen molar-refractivity contribution in [3.05, 3.63) is 40.6 Å². The average Bonchev–Trinajstić information content (AvgIpc) is 3.13. The van der Waals surface area contributed by atoms with Gasteiger partial charge in [-0.1, -0.05) is 40.2 Å². The van der Waals surface area contributed by atoms with E-state index in [1.165, 1.54) is 29.8 Å². The van der Waals surface area contributed by atoms with Gasteiger partial charge in [0.05, 0.1) is 22.8 Å². The lowest BCUT2D eigenvalue weighted by Crippen LogP contribution is -2.55. The number of aliphatic hydroxyl groups excluding tert-OH is 2. The predicted octanol–water partition coefficient (Wildman–Crippen LogP) is 2.01. The Kier molecular flexibility index (Phi) is 6.21. The largest absolute Gasteiger partial charge is 0.394 e. The Hall–Kier alpha value is -0.870. The molecule has 0 bridgehead atoms. The molecule has 25 heavy (non-hydrogen) atoms. The van der Waals surface area contributed by atoms with Gasteiger partial charge in [-0.3, -0.25) is 0 Å². The number of benzene rings is 1. The van der Waals surface area contributed by atoms with Crippen LogP contribution in [0.2, 0.25) is 10.0 Å². The summed E-state index contributed by atoms with van der Waals surface area (Å²) >= 11 is 13.4. The van der Waals surface area contributed by atoms with Gasteiger partial charge in [0.15, 0.2) is 0 Å². The van der Waals surface area contributed by atoms with E-state index in [1.54, 1.807) is 18.3 Å². The number of ether oxygens (including phenoxy) is 2. The molecule has 0 radical (unpaired) electrons. The molecule has 1 fully saturated rings. The molecule has 0 amide bonds. The van der Waals surface area contributed by atoms with Crippen LogP contribution in [0.3, 0.4) is 0 Å². The minimum atomic E-state index is -0.998. The molecule has 3 rings (SSSR count). The van der Waals surface area contributed by atoms with Crippen molar-refractivity contribution in [2.45, 2.75) is 34.7 Å². The van der Waals surface area contributed by atoms with Crippen LogP contribution in [0.1, 0.15) is 6.04 Å². The number of aromatic nitrogens is 3. The molecule has 1 aromatic carbocycles. The summed E-state index contributed by atoms with van der Waals surface area (Å²) in [6, 6.07) is 4.69. The molecular formula is C15H17Cl2N3O4S. The number of halogens is 2. The zero-order chi connectivity index (χ0) is 18.0. The van der Waals surface area contributed by atoms with Gasteiger partial charge >= 0.3 is 0 Å². The van der Waals surface area contributed by atoms with Gasteiger partial charge in [0.25, 0.3) is 0 Å². The van der Waals surface area contributed by atoms with Crippen LogP contribution in [0, 0.1) is 0 Å². The number of hydrogen-bond acceptors (Lipinski definition) is 7. The van der Waals surface area contributed by atoms with E-state index >= 15 is 0 Å². The SMILES string of the molecule is CO[C@@H]1[C@@H](n2ccnn2)[C@@H](O)[C@@H](CO)O[C@@H]1Sc1ccc(Cl)c(Cl)c1. The third-order valence-electron chi connectivity index (χ3n) is 3.99. The molecule has 2 N–H and O–H groups in total. The van der Waals surface area contributed by atoms with Gasteiger partial charge in [0.2, 0.25) is 0 Å². The summed E-state index contributed by atoms with van der Waals surface area (Å²) in [6.45, 7) is -0.332. The lowest BCUT2D eigenvalue weighted by Gasteiger charge is -2.43. The quantitative estimate of drug-likeness (QED) is 0.785. The van der Waals surface area contributed by atoms with Crippen molar-refractivity contribution < 1.29 is 19.7 Å². The molecule has 1 aliphatic heterocycles. The minimum Gasteiger partial charge on any atom is -0.394 e. The number of thioether (sulfide) groups is 1. The fourth-order valence-electron chi connectivity index (χ4n) is 2.77. The van der Waals surface area contributed by atoms with Crippen LogP contribution in [0.4, 0.5) is 0 Å². The van der Waals surface area contributed by atoms with Gasteiger partial charge in [0, 0.05) is 18.2 Å². The Morgan fingerprint density at radius 3 is 2.76 bits per heavy atom. The number of nitrogens with zero attached hydrogens (tertiary/aromatic N) is 3. The van der Waals surface area contributed by atoms with Crippen molar-refractivity contribution >= 4 is 35.0 Å². The lowest BCUT2D eigenvalue weighted by molar-refractivity contribution is -0.186. The molecule has 0 unspecified atom stereocenters. The van der Waals surface area contributed by atoms with Gasteiger partial charge in [-0.05, 0) is 18.2 Å². The van der Waals surface area contributed by atoms with E-state index in [0.29, 0.717) is 10.0 Å². The molecule has 2 heterocycles. The molecule has 10 heteroatoms. The first-order valence-electron chi connectivity index (χ1n) is 7.50. The van der Waals surface area contributed by atoms with Crippen molar-refractivity contribution in [3.63, 3.8) is 0 Å². The Labute approximate surface area is 158 Å². The Bertz CT molecular complexity index is 706. The first kappa shape index (κ1) is 18.9. The molecule has 1 aromatic heterocycles. The van der Waals surface area contributed by atoms with E-state index in [0.717, 1.165) is 4.90 Å². The van der Waals surface area contributed by atoms with E-state index in [4.69, 9.17) is 32.7 Å². The van der Waals surface area contributed by atoms with Crippen LogP contribution in [0.25, 0.3) is 0 Å². The standard InChI is InChI=1S/C15H17Cl2N3O4S/c1-23-14-12(20-5-4-18-19-20)13(22)11(7-21)24-15(14)25-8-2-3-9(16)10(17)6-8/h2-6,11-15,21-22H,7H2,1H3/t11-,12+,13+,14-,15-/m1/s1. The second kappa shape index (κ2) is 8.22. The maximum Gasteiger partial charge on any atom is 0.136 e. The Morgan fingerprint density at radius 2 is 2.16 bits per heavy atom. The molecule has 1 aliphatic rings. The van der Waals surface area contributed by atoms with Crippen molar-refractivity contribution in [1.82, 2.24) is 15.0 Å². The molecule has 1 saturated heterocycles. The van der Waals surface area contributed by atoms with Crippen molar-refractivity contribution in [3.8, 4) is 0 Å². The average molecular weight is 406 g/mol. The summed E-state index contributed by atoms with van der Waals surface area (Å²) in [5.74, 6) is 0. The molecule has 0 spiro atoms. The number of methoxy groups -OCH3 is 1. The topological polar surface area (TPSA) is 89.6 Å². The van der Waals surface area contributed by atoms with Crippen LogP contribution in [-0.2, 0) is 9.47 Å². The van der Waals surface area contributed by atoms with Gasteiger partial charge < -0.3 is 19.7 Å². The number of aliphatic hydroxyl groups is 2. The highest BCUT2D eigenvalue weighted by atomic mass is 35.5. The van der Waals surface area contributed by atoms with Crippen LogP contribution in [0.15, 0.2) is 35.5 Å². The molecule has 0 saturated carbocycles. The predicted molar refractivity (Wildman–Crippen MR) is 93.9 cm³/mol. The summed E-state index contributed by atoms with van der Waals surface area (Å²) in [5, 5.41) is 28.8. The summed E-state index contributed by atoms with van der Waals surface area (Å²) < 4.78 is 13.0. The van der Waals surface area contributed by atoms with E-state index in [-0.39, 0.29) is 6.61 Å². The lowest BCUT2D eigenvalue weighted by atomic mass is 9.97. The van der Waals surface area contributed by atoms with Crippen molar-refractivity contribution in [2.75, 3.05) is 13.7 Å². The van der Waals surface area contributed by atoms with Crippen LogP contribution >= 0.6 is 35.0 Å². The highest BCUT2D eigenvalue weighted by Gasteiger charge is 2.47. The van der Waals surface area contributed by atoms with Crippen LogP contribution in [0.5, 0.6) is 0 Å². The zero-order valence-electron chi connectivity index (χ0n) is 13.2. The summed E-state index contributed by atoms with van der Waals surface area (Å²) in [4.78, 5) is 0.826. The first-order chi connectivity index (χ1) is 12.0. The second-order valence-corrected chi connectivity index (χ2v) is 7.47. The Balaban J connectivity index is 1.89. The molecule has 136 valence electrons. The fourth-order valence-corrected chi connectivity index (χ4v) is 4.34. The summed E-state index contributed by atoms with van der Waals surface area (Å²) in [5.41, 5.74) is -0.503. The van der Waals surface area contributed by atoms with Gasteiger partial charge in [-0.25, -0.2) is 4.68 Å². The Morgan fingerprint density at radius 1 is 1.36 bits per heavy atom. The van der Waals surface area contributed by atoms with E-state index < -0.39 is 29.8 Å². The number of rotatable bonds is 5. The molecular weight excluding hydrogens is 389 g/mol. The van der Waals surface area contributed by atoms with Gasteiger partial charge in [-0.15, -0.1) is 5.10 Å². The fraction of sp³-hybridized carbons (Fsp3) is 0.467. The zero-order valence-corrected chi connectivity index (χ0v) is 15.5. The highest BCUT2D eigenvalue weighted by Crippen LogP contribution is 2.40. The summed E-state index contributed by atoms with van der Waals surface area (Å²) in [7, 11) is 1.53. The van der Waals surface area contributed by atoms with E-state index in [9.17, 15) is 10.2 Å². The second-order valence-electron chi connectivity index (χ2n) is 5.48. The maximum atomic E-state index is 10.6. The van der Waals surface area contributed by atoms with Gasteiger partial charge in [-0.2, -0.15) is 0 Å². The first-order valence-corrected chi connectivity index (χ1v) is 9.13. The third kappa shape index (κ3) is 3.95. The summed E-state index contributed by atoms with van der Waals surface area (Å²) in [6.07, 6.45) is 0.854. The van der Waals surface area contributed by atoms with Crippen LogP contribution < -0.4 is 0 Å². The molecule has 7 nitrogen and oxygen atoms in total. The monoisotopic (exact) mass is 405 g/mol. The number of hydrogen-bond donors (Lipinski definition) is 2. The van der Waals surface area contributed by atoms with Crippen molar-refractivity contribution in [2.24, 2.45) is 0 Å². The smallest absolute Gasteiger partial charge is 0.136 e. The maximum absolute atomic E-state index is 10.6.